The van der Waals surface area contributed by atoms with Crippen molar-refractivity contribution in [2.75, 3.05) is 0 Å². The summed E-state index contributed by atoms with van der Waals surface area (Å²) in [6, 6.07) is 11.8. The van der Waals surface area contributed by atoms with Crippen molar-refractivity contribution in [3.05, 3.63) is 68.9 Å². The van der Waals surface area contributed by atoms with E-state index in [1.807, 2.05) is 30.3 Å². The van der Waals surface area contributed by atoms with Crippen LogP contribution in [0.5, 0.6) is 0 Å². The SMILES string of the molecule is Cc1cc(C(Br)c2ccccc2Br)cc(C)c1F. The number of alkyl halides is 1. The van der Waals surface area contributed by atoms with Crippen LogP contribution in [0.2, 0.25) is 0 Å². The fourth-order valence-corrected chi connectivity index (χ4v) is 3.47. The first-order chi connectivity index (χ1) is 8.50. The summed E-state index contributed by atoms with van der Waals surface area (Å²) in [4.78, 5) is 0.0612. The van der Waals surface area contributed by atoms with Gasteiger partial charge < -0.3 is 0 Å². The molecule has 1 unspecified atom stereocenters. The first kappa shape index (κ1) is 13.8. The second-order valence-electron chi connectivity index (χ2n) is 4.35. The average Bonchev–Trinajstić information content (AvgIpc) is 2.35. The van der Waals surface area contributed by atoms with Crippen LogP contribution in [-0.2, 0) is 0 Å². The normalized spacial score (nSPS) is 12.5. The molecule has 2 aromatic carbocycles. The maximum atomic E-state index is 13.6. The largest absolute Gasteiger partial charge is 0.206 e. The molecule has 0 aliphatic heterocycles. The van der Waals surface area contributed by atoms with Crippen molar-refractivity contribution in [2.45, 2.75) is 18.7 Å². The molecule has 0 aliphatic rings. The third kappa shape index (κ3) is 2.67. The van der Waals surface area contributed by atoms with E-state index >= 15 is 0 Å². The molecule has 0 heterocycles. The second-order valence-corrected chi connectivity index (χ2v) is 6.12. The molecule has 0 N–H and O–H groups in total. The molecule has 0 aromatic heterocycles. The van der Waals surface area contributed by atoms with Gasteiger partial charge in [-0.1, -0.05) is 62.2 Å². The van der Waals surface area contributed by atoms with Crippen LogP contribution in [0, 0.1) is 19.7 Å². The van der Waals surface area contributed by atoms with Crippen LogP contribution in [0.25, 0.3) is 0 Å². The summed E-state index contributed by atoms with van der Waals surface area (Å²) in [5.74, 6) is -0.120. The Hall–Kier alpha value is -0.670. The van der Waals surface area contributed by atoms with Crippen molar-refractivity contribution in [2.24, 2.45) is 0 Å². The van der Waals surface area contributed by atoms with Crippen molar-refractivity contribution in [1.82, 2.24) is 0 Å². The van der Waals surface area contributed by atoms with E-state index in [2.05, 4.69) is 37.9 Å². The quantitative estimate of drug-likeness (QED) is 0.595. The predicted molar refractivity (Wildman–Crippen MR) is 80.8 cm³/mol. The van der Waals surface area contributed by atoms with Gasteiger partial charge in [-0.15, -0.1) is 0 Å². The van der Waals surface area contributed by atoms with E-state index in [1.54, 1.807) is 13.8 Å². The van der Waals surface area contributed by atoms with Crippen LogP contribution in [0.4, 0.5) is 4.39 Å². The first-order valence-corrected chi connectivity index (χ1v) is 7.36. The monoisotopic (exact) mass is 370 g/mol. The number of aryl methyl sites for hydroxylation is 2. The highest BCUT2D eigenvalue weighted by Gasteiger charge is 2.15. The van der Waals surface area contributed by atoms with Crippen molar-refractivity contribution in [3.63, 3.8) is 0 Å². The Kier molecular flexibility index (Phi) is 4.23. The van der Waals surface area contributed by atoms with Crippen LogP contribution in [0.3, 0.4) is 0 Å². The standard InChI is InChI=1S/C15H13Br2F/c1-9-7-11(8-10(2)15(9)18)14(17)12-5-3-4-6-13(12)16/h3-8,14H,1-2H3. The van der Waals surface area contributed by atoms with Gasteiger partial charge in [-0.3, -0.25) is 0 Å². The summed E-state index contributed by atoms with van der Waals surface area (Å²) >= 11 is 7.23. The number of benzene rings is 2. The Labute approximate surface area is 123 Å². The van der Waals surface area contributed by atoms with E-state index in [-0.39, 0.29) is 10.6 Å². The molecule has 18 heavy (non-hydrogen) atoms. The Bertz CT molecular complexity index is 555. The third-order valence-electron chi connectivity index (χ3n) is 2.93. The fourth-order valence-electron chi connectivity index (χ4n) is 1.99. The van der Waals surface area contributed by atoms with Gasteiger partial charge in [0.15, 0.2) is 0 Å². The van der Waals surface area contributed by atoms with Gasteiger partial charge in [-0.25, -0.2) is 4.39 Å². The van der Waals surface area contributed by atoms with E-state index < -0.39 is 0 Å². The zero-order chi connectivity index (χ0) is 13.3. The second kappa shape index (κ2) is 5.54. The zero-order valence-electron chi connectivity index (χ0n) is 10.2. The Balaban J connectivity index is 2.47. The molecule has 2 rings (SSSR count). The van der Waals surface area contributed by atoms with E-state index in [0.29, 0.717) is 11.1 Å². The number of hydrogen-bond acceptors (Lipinski definition) is 0. The number of hydrogen-bond donors (Lipinski definition) is 0. The van der Waals surface area contributed by atoms with Crippen LogP contribution in [0.1, 0.15) is 27.1 Å². The van der Waals surface area contributed by atoms with Crippen molar-refractivity contribution in [1.29, 1.82) is 0 Å². The molecule has 2 aromatic rings. The minimum absolute atomic E-state index is 0.0612. The Morgan fingerprint density at radius 3 is 2.17 bits per heavy atom. The molecule has 0 saturated carbocycles. The van der Waals surface area contributed by atoms with Gasteiger partial charge in [0, 0.05) is 4.47 Å². The molecule has 0 amide bonds. The lowest BCUT2D eigenvalue weighted by molar-refractivity contribution is 0.608. The Morgan fingerprint density at radius 1 is 1.06 bits per heavy atom. The maximum Gasteiger partial charge on any atom is 0.129 e. The van der Waals surface area contributed by atoms with Gasteiger partial charge in [0.25, 0.3) is 0 Å². The van der Waals surface area contributed by atoms with Gasteiger partial charge in [-0.05, 0) is 42.2 Å². The lowest BCUT2D eigenvalue weighted by Gasteiger charge is -2.15. The highest BCUT2D eigenvalue weighted by atomic mass is 79.9. The molecule has 0 bridgehead atoms. The summed E-state index contributed by atoms with van der Waals surface area (Å²) in [7, 11) is 0. The maximum absolute atomic E-state index is 13.6. The molecule has 0 fully saturated rings. The molecule has 0 saturated heterocycles. The summed E-state index contributed by atoms with van der Waals surface area (Å²) < 4.78 is 14.7. The van der Waals surface area contributed by atoms with E-state index in [1.165, 1.54) is 0 Å². The molecule has 0 radical (unpaired) electrons. The van der Waals surface area contributed by atoms with Crippen LogP contribution < -0.4 is 0 Å². The van der Waals surface area contributed by atoms with E-state index in [0.717, 1.165) is 15.6 Å². The first-order valence-electron chi connectivity index (χ1n) is 5.66. The Morgan fingerprint density at radius 2 is 1.61 bits per heavy atom. The topological polar surface area (TPSA) is 0 Å². The molecule has 94 valence electrons. The molecule has 0 aliphatic carbocycles. The average molecular weight is 372 g/mol. The highest BCUT2D eigenvalue weighted by Crippen LogP contribution is 2.36. The van der Waals surface area contributed by atoms with Crippen LogP contribution in [0.15, 0.2) is 40.9 Å². The molecule has 3 heteroatoms. The zero-order valence-corrected chi connectivity index (χ0v) is 13.3. The predicted octanol–water partition coefficient (Wildman–Crippen LogP) is 5.69. The van der Waals surface area contributed by atoms with Gasteiger partial charge in [0.1, 0.15) is 5.82 Å². The highest BCUT2D eigenvalue weighted by molar-refractivity contribution is 9.11. The smallest absolute Gasteiger partial charge is 0.129 e. The van der Waals surface area contributed by atoms with Gasteiger partial charge in [0.05, 0.1) is 4.83 Å². The minimum Gasteiger partial charge on any atom is -0.206 e. The molecular weight excluding hydrogens is 359 g/mol. The summed E-state index contributed by atoms with van der Waals surface area (Å²) in [5, 5.41) is 0. The van der Waals surface area contributed by atoms with Gasteiger partial charge in [0.2, 0.25) is 0 Å². The molecule has 0 nitrogen and oxygen atoms in total. The van der Waals surface area contributed by atoms with Crippen molar-refractivity contribution in [3.8, 4) is 0 Å². The van der Waals surface area contributed by atoms with Crippen LogP contribution in [-0.4, -0.2) is 0 Å². The van der Waals surface area contributed by atoms with Gasteiger partial charge in [-0.2, -0.15) is 0 Å². The summed E-state index contributed by atoms with van der Waals surface area (Å²) in [6.45, 7) is 3.59. The lowest BCUT2D eigenvalue weighted by atomic mass is 10.00. The molecule has 1 atom stereocenters. The lowest BCUT2D eigenvalue weighted by Crippen LogP contribution is -1.98. The third-order valence-corrected chi connectivity index (χ3v) is 4.67. The minimum atomic E-state index is -0.120. The fraction of sp³-hybridized carbons (Fsp3) is 0.200. The summed E-state index contributed by atoms with van der Waals surface area (Å²) in [5.41, 5.74) is 3.57. The van der Waals surface area contributed by atoms with Gasteiger partial charge >= 0.3 is 0 Å². The number of rotatable bonds is 2. The summed E-state index contributed by atoms with van der Waals surface area (Å²) in [6.07, 6.45) is 0. The van der Waals surface area contributed by atoms with Crippen molar-refractivity contribution < 1.29 is 4.39 Å². The van der Waals surface area contributed by atoms with E-state index in [4.69, 9.17) is 0 Å². The van der Waals surface area contributed by atoms with Crippen molar-refractivity contribution >= 4 is 31.9 Å². The van der Waals surface area contributed by atoms with E-state index in [9.17, 15) is 4.39 Å². The number of halogens is 3. The van der Waals surface area contributed by atoms with Crippen LogP contribution >= 0.6 is 31.9 Å². The molecule has 0 spiro atoms. The molecular formula is C15H13Br2F.